The Morgan fingerprint density at radius 1 is 0.509 bits per heavy atom. The molecule has 0 aliphatic rings. The summed E-state index contributed by atoms with van der Waals surface area (Å²) in [5.41, 5.74) is 14.1. The lowest BCUT2D eigenvalue weighted by Crippen LogP contribution is -2.17. The zero-order valence-electron chi connectivity index (χ0n) is 33.3. The number of rotatable bonds is 6. The average molecular weight is 743 g/mol. The van der Waals surface area contributed by atoms with Crippen molar-refractivity contribution in [3.8, 4) is 61.9 Å². The molecule has 0 bridgehead atoms. The predicted molar refractivity (Wildman–Crippen MR) is 237 cm³/mol. The molecule has 0 radical (unpaired) electrons. The maximum atomic E-state index is 12.4. The molecule has 57 heavy (non-hydrogen) atoms. The van der Waals surface area contributed by atoms with Gasteiger partial charge in [-0.05, 0) is 93.2 Å². The molecule has 0 aliphatic heterocycles. The van der Waals surface area contributed by atoms with Gasteiger partial charge in [-0.1, -0.05) is 145 Å². The number of phenolic OH excluding ortho intramolecular Hbond substituents is 1. The van der Waals surface area contributed by atoms with Gasteiger partial charge < -0.3 is 9.67 Å². The summed E-state index contributed by atoms with van der Waals surface area (Å²) in [6, 6.07) is 55.1. The van der Waals surface area contributed by atoms with E-state index in [1.807, 2.05) is 24.4 Å². The molecule has 9 aromatic rings. The van der Waals surface area contributed by atoms with Crippen LogP contribution in [-0.2, 0) is 10.8 Å². The van der Waals surface area contributed by atoms with Crippen LogP contribution in [0.5, 0.6) is 5.75 Å². The van der Waals surface area contributed by atoms with E-state index < -0.39 is 0 Å². The summed E-state index contributed by atoms with van der Waals surface area (Å²) in [7, 11) is 0. The van der Waals surface area contributed by atoms with Gasteiger partial charge in [-0.3, -0.25) is 4.98 Å². The Balaban J connectivity index is 1.40. The topological polar surface area (TPSA) is 55.9 Å². The van der Waals surface area contributed by atoms with Gasteiger partial charge in [0.2, 0.25) is 0 Å². The first-order chi connectivity index (χ1) is 27.5. The first kappa shape index (κ1) is 35.9. The van der Waals surface area contributed by atoms with Gasteiger partial charge in [-0.2, -0.15) is 5.10 Å². The molecular formula is C52H46N4O. The van der Waals surface area contributed by atoms with E-state index in [0.29, 0.717) is 5.56 Å². The monoisotopic (exact) mass is 742 g/mol. The van der Waals surface area contributed by atoms with E-state index in [0.717, 1.165) is 83.6 Å². The third-order valence-corrected chi connectivity index (χ3v) is 11.0. The van der Waals surface area contributed by atoms with Crippen molar-refractivity contribution in [3.05, 3.63) is 175 Å². The minimum atomic E-state index is -0.311. The van der Waals surface area contributed by atoms with Crippen LogP contribution in [0.1, 0.15) is 52.7 Å². The van der Waals surface area contributed by atoms with Gasteiger partial charge in [0.1, 0.15) is 22.5 Å². The number of fused-ring (bicyclic) bond motifs is 3. The number of para-hydroxylation sites is 2. The van der Waals surface area contributed by atoms with Crippen molar-refractivity contribution >= 4 is 21.9 Å². The SMILES string of the molecule is CC(C)(C)c1cc(-c2nn(-c3cc(-c4ccccc4)cc(-c4cc(-c5ccccc5)ccn4)c3)c3c4ccccc4n(-c4ccccc4)c23)c(O)c(C(C)(C)C)c1. The van der Waals surface area contributed by atoms with Crippen LogP contribution in [-0.4, -0.2) is 24.4 Å². The van der Waals surface area contributed by atoms with Crippen molar-refractivity contribution in [3.63, 3.8) is 0 Å². The van der Waals surface area contributed by atoms with Crippen molar-refractivity contribution < 1.29 is 5.11 Å². The lowest BCUT2D eigenvalue weighted by Gasteiger charge is -2.27. The molecule has 0 saturated heterocycles. The number of phenols is 1. The highest BCUT2D eigenvalue weighted by molar-refractivity contribution is 6.13. The molecule has 3 heterocycles. The Hall–Kier alpha value is -6.72. The largest absolute Gasteiger partial charge is 0.507 e. The Kier molecular flexibility index (Phi) is 8.70. The summed E-state index contributed by atoms with van der Waals surface area (Å²) in [5.74, 6) is 0.257. The molecule has 280 valence electrons. The van der Waals surface area contributed by atoms with Gasteiger partial charge in [-0.15, -0.1) is 0 Å². The zero-order valence-corrected chi connectivity index (χ0v) is 33.3. The lowest BCUT2D eigenvalue weighted by molar-refractivity contribution is 0.446. The number of hydrogen-bond acceptors (Lipinski definition) is 3. The van der Waals surface area contributed by atoms with E-state index in [4.69, 9.17) is 10.1 Å². The maximum absolute atomic E-state index is 12.4. The molecule has 0 aliphatic carbocycles. The van der Waals surface area contributed by atoms with E-state index in [1.54, 1.807) is 0 Å². The number of aromatic nitrogens is 4. The number of pyridine rings is 1. The minimum Gasteiger partial charge on any atom is -0.507 e. The second kappa shape index (κ2) is 13.8. The molecule has 1 N–H and O–H groups in total. The summed E-state index contributed by atoms with van der Waals surface area (Å²) in [6.07, 6.45) is 1.89. The van der Waals surface area contributed by atoms with Gasteiger partial charge in [0.15, 0.2) is 0 Å². The fraction of sp³-hybridized carbons (Fsp3) is 0.154. The molecule has 5 heteroatoms. The molecule has 3 aromatic heterocycles. The molecule has 0 atom stereocenters. The van der Waals surface area contributed by atoms with Crippen molar-refractivity contribution in [1.82, 2.24) is 19.3 Å². The van der Waals surface area contributed by atoms with Crippen LogP contribution < -0.4 is 0 Å². The van der Waals surface area contributed by atoms with E-state index >= 15 is 0 Å². The van der Waals surface area contributed by atoms with Gasteiger partial charge in [0, 0.05) is 34.0 Å². The summed E-state index contributed by atoms with van der Waals surface area (Å²) in [6.45, 7) is 13.1. The highest BCUT2D eigenvalue weighted by atomic mass is 16.3. The second-order valence-electron chi connectivity index (χ2n) is 17.0. The van der Waals surface area contributed by atoms with Crippen molar-refractivity contribution in [2.24, 2.45) is 0 Å². The van der Waals surface area contributed by atoms with Crippen molar-refractivity contribution in [2.45, 2.75) is 52.4 Å². The van der Waals surface area contributed by atoms with Gasteiger partial charge in [-0.25, -0.2) is 4.68 Å². The zero-order chi connectivity index (χ0) is 39.5. The number of aromatic hydroxyl groups is 1. The van der Waals surface area contributed by atoms with Crippen LogP contribution in [0.25, 0.3) is 78.1 Å². The Morgan fingerprint density at radius 2 is 1.12 bits per heavy atom. The molecule has 0 fully saturated rings. The van der Waals surface area contributed by atoms with E-state index in [9.17, 15) is 5.11 Å². The molecule has 0 saturated carbocycles. The fourth-order valence-corrected chi connectivity index (χ4v) is 7.96. The third kappa shape index (κ3) is 6.49. The summed E-state index contributed by atoms with van der Waals surface area (Å²) in [4.78, 5) is 4.92. The highest BCUT2D eigenvalue weighted by Crippen LogP contribution is 2.46. The molecule has 6 aromatic carbocycles. The van der Waals surface area contributed by atoms with Gasteiger partial charge in [0.25, 0.3) is 0 Å². The van der Waals surface area contributed by atoms with Crippen LogP contribution in [0.3, 0.4) is 0 Å². The molecule has 5 nitrogen and oxygen atoms in total. The average Bonchev–Trinajstić information content (AvgIpc) is 3.77. The van der Waals surface area contributed by atoms with Crippen LogP contribution in [0.15, 0.2) is 164 Å². The fourth-order valence-electron chi connectivity index (χ4n) is 7.96. The van der Waals surface area contributed by atoms with E-state index in [2.05, 4.69) is 190 Å². The van der Waals surface area contributed by atoms with Crippen LogP contribution >= 0.6 is 0 Å². The number of benzene rings is 6. The van der Waals surface area contributed by atoms with Crippen LogP contribution in [0.4, 0.5) is 0 Å². The smallest absolute Gasteiger partial charge is 0.128 e. The first-order valence-corrected chi connectivity index (χ1v) is 19.6. The molecule has 0 unspecified atom stereocenters. The number of hydrogen-bond donors (Lipinski definition) is 1. The van der Waals surface area contributed by atoms with Gasteiger partial charge >= 0.3 is 0 Å². The maximum Gasteiger partial charge on any atom is 0.128 e. The summed E-state index contributed by atoms with van der Waals surface area (Å²) >= 11 is 0. The van der Waals surface area contributed by atoms with Gasteiger partial charge in [0.05, 0.1) is 16.9 Å². The molecule has 0 amide bonds. The Morgan fingerprint density at radius 3 is 1.79 bits per heavy atom. The Labute approximate surface area is 334 Å². The Bertz CT molecular complexity index is 2910. The standard InChI is InChI=1S/C52H46N4O/c1-51(2,3)39-32-43(50(57)44(33-39)52(4,5)6)47-49-48(42-24-16-17-25-46(42)55(49)40-22-14-9-15-23-40)56(54-47)41-29-37(35-20-12-8-13-21-35)28-38(30-41)45-31-36(26-27-53-45)34-18-10-7-11-19-34/h7-33,57H,1-6H3. The summed E-state index contributed by atoms with van der Waals surface area (Å²) < 4.78 is 4.39. The third-order valence-electron chi connectivity index (χ3n) is 11.0. The normalized spacial score (nSPS) is 12.1. The minimum absolute atomic E-state index is 0.170. The van der Waals surface area contributed by atoms with E-state index in [-0.39, 0.29) is 16.6 Å². The molecule has 9 rings (SSSR count). The molecule has 0 spiro atoms. The lowest BCUT2D eigenvalue weighted by atomic mass is 9.78. The molecular weight excluding hydrogens is 697 g/mol. The van der Waals surface area contributed by atoms with Crippen LogP contribution in [0, 0.1) is 0 Å². The highest BCUT2D eigenvalue weighted by Gasteiger charge is 2.30. The first-order valence-electron chi connectivity index (χ1n) is 19.6. The van der Waals surface area contributed by atoms with E-state index in [1.165, 1.54) is 0 Å². The second-order valence-corrected chi connectivity index (χ2v) is 17.0. The number of nitrogens with zero attached hydrogens (tertiary/aromatic N) is 4. The van der Waals surface area contributed by atoms with Crippen molar-refractivity contribution in [2.75, 3.05) is 0 Å². The summed E-state index contributed by atoms with van der Waals surface area (Å²) in [5, 5.41) is 19.0. The van der Waals surface area contributed by atoms with Crippen LogP contribution in [0.2, 0.25) is 0 Å². The quantitative estimate of drug-likeness (QED) is 0.185. The predicted octanol–water partition coefficient (Wildman–Crippen LogP) is 13.3. The van der Waals surface area contributed by atoms with Crippen molar-refractivity contribution in [1.29, 1.82) is 0 Å².